The summed E-state index contributed by atoms with van der Waals surface area (Å²) in [5.74, 6) is 0.500. The van der Waals surface area contributed by atoms with Gasteiger partial charge in [0, 0.05) is 36.2 Å². The summed E-state index contributed by atoms with van der Waals surface area (Å²) in [4.78, 5) is 19.6. The third-order valence-electron chi connectivity index (χ3n) is 6.31. The lowest BCUT2D eigenvalue weighted by Gasteiger charge is -2.39. The summed E-state index contributed by atoms with van der Waals surface area (Å²) in [5, 5.41) is 3.22. The summed E-state index contributed by atoms with van der Waals surface area (Å²) < 4.78 is 1.91. The number of likely N-dealkylation sites (tertiary alicyclic amines) is 1. The number of pyridine rings is 1. The Morgan fingerprint density at radius 2 is 1.93 bits per heavy atom. The van der Waals surface area contributed by atoms with Gasteiger partial charge in [-0.15, -0.1) is 0 Å². The number of imidazole rings is 1. The summed E-state index contributed by atoms with van der Waals surface area (Å²) in [6, 6.07) is 15.2. The van der Waals surface area contributed by atoms with Crippen LogP contribution in [-0.2, 0) is 0 Å². The molecule has 0 radical (unpaired) electrons. The first kappa shape index (κ1) is 19.6. The highest BCUT2D eigenvalue weighted by atomic mass is 16.1. The molecule has 0 saturated carbocycles. The van der Waals surface area contributed by atoms with E-state index < -0.39 is 0 Å². The fraction of sp³-hybridized carbons (Fsp3) is 0.417. The molecule has 1 aliphatic rings. The van der Waals surface area contributed by atoms with Crippen molar-refractivity contribution in [3.8, 4) is 0 Å². The minimum atomic E-state index is -0.0128. The van der Waals surface area contributed by atoms with Crippen LogP contribution in [0.4, 0.5) is 0 Å². The highest BCUT2D eigenvalue weighted by Gasteiger charge is 2.28. The van der Waals surface area contributed by atoms with E-state index in [0.29, 0.717) is 17.5 Å². The maximum atomic E-state index is 12.7. The first-order valence-electron chi connectivity index (χ1n) is 10.7. The SMILES string of the molecule is CCC(c1ccccc1)N1CCC([C@@H](C)NC(=O)c2ccn3ccnc3c2)CC1. The monoisotopic (exact) mass is 390 g/mol. The van der Waals surface area contributed by atoms with Crippen LogP contribution in [0.2, 0.25) is 0 Å². The van der Waals surface area contributed by atoms with E-state index in [1.54, 1.807) is 6.20 Å². The number of hydrogen-bond donors (Lipinski definition) is 1. The molecule has 1 unspecified atom stereocenters. The standard InChI is InChI=1S/C24H30N4O/c1-3-22(20-7-5-4-6-8-20)27-13-9-19(10-14-27)18(2)26-24(29)21-11-15-28-16-12-25-23(28)17-21/h4-8,11-12,15-19,22H,3,9-10,13-14H2,1-2H3,(H,26,29)/t18-,22?/m1/s1. The molecule has 5 heteroatoms. The summed E-state index contributed by atoms with van der Waals surface area (Å²) in [7, 11) is 0. The maximum absolute atomic E-state index is 12.7. The quantitative estimate of drug-likeness (QED) is 0.682. The van der Waals surface area contributed by atoms with Gasteiger partial charge in [0.15, 0.2) is 0 Å². The molecular formula is C24H30N4O. The Balaban J connectivity index is 1.33. The molecule has 152 valence electrons. The molecule has 2 aromatic heterocycles. The number of rotatable bonds is 6. The Morgan fingerprint density at radius 3 is 2.66 bits per heavy atom. The van der Waals surface area contributed by atoms with Crippen molar-refractivity contribution in [1.82, 2.24) is 19.6 Å². The van der Waals surface area contributed by atoms with Crippen molar-refractivity contribution in [2.45, 2.75) is 45.2 Å². The molecule has 0 aliphatic carbocycles. The normalized spacial score (nSPS) is 17.9. The van der Waals surface area contributed by atoms with E-state index in [9.17, 15) is 4.79 Å². The molecule has 3 heterocycles. The lowest BCUT2D eigenvalue weighted by atomic mass is 9.88. The summed E-state index contributed by atoms with van der Waals surface area (Å²) in [6.45, 7) is 6.57. The van der Waals surface area contributed by atoms with Gasteiger partial charge in [-0.1, -0.05) is 37.3 Å². The largest absolute Gasteiger partial charge is 0.349 e. The van der Waals surface area contributed by atoms with E-state index in [2.05, 4.69) is 59.4 Å². The van der Waals surface area contributed by atoms with Crippen LogP contribution in [0.25, 0.3) is 5.65 Å². The predicted octanol–water partition coefficient (Wildman–Crippen LogP) is 4.32. The van der Waals surface area contributed by atoms with Gasteiger partial charge in [-0.2, -0.15) is 0 Å². The fourth-order valence-corrected chi connectivity index (χ4v) is 4.57. The van der Waals surface area contributed by atoms with Gasteiger partial charge in [-0.3, -0.25) is 9.69 Å². The van der Waals surface area contributed by atoms with Crippen molar-refractivity contribution in [2.75, 3.05) is 13.1 Å². The molecule has 0 spiro atoms. The van der Waals surface area contributed by atoms with Crippen molar-refractivity contribution < 1.29 is 4.79 Å². The van der Waals surface area contributed by atoms with Crippen molar-refractivity contribution in [3.05, 3.63) is 72.2 Å². The van der Waals surface area contributed by atoms with Gasteiger partial charge in [-0.05, 0) is 62.9 Å². The fourth-order valence-electron chi connectivity index (χ4n) is 4.57. The van der Waals surface area contributed by atoms with E-state index in [0.717, 1.165) is 38.0 Å². The summed E-state index contributed by atoms with van der Waals surface area (Å²) >= 11 is 0. The molecule has 1 aliphatic heterocycles. The number of benzene rings is 1. The predicted molar refractivity (Wildman–Crippen MR) is 116 cm³/mol. The Labute approximate surface area is 172 Å². The highest BCUT2D eigenvalue weighted by molar-refractivity contribution is 5.95. The van der Waals surface area contributed by atoms with Crippen LogP contribution in [0.5, 0.6) is 0 Å². The minimum Gasteiger partial charge on any atom is -0.349 e. The molecule has 29 heavy (non-hydrogen) atoms. The zero-order valence-electron chi connectivity index (χ0n) is 17.3. The molecule has 1 aromatic carbocycles. The van der Waals surface area contributed by atoms with Crippen LogP contribution in [-0.4, -0.2) is 39.3 Å². The lowest BCUT2D eigenvalue weighted by Crippen LogP contribution is -2.44. The third kappa shape index (κ3) is 4.35. The molecule has 1 fully saturated rings. The zero-order valence-corrected chi connectivity index (χ0v) is 17.3. The third-order valence-corrected chi connectivity index (χ3v) is 6.31. The average molecular weight is 391 g/mol. The van der Waals surface area contributed by atoms with Gasteiger partial charge in [0.2, 0.25) is 0 Å². The molecule has 0 bridgehead atoms. The molecule has 2 atom stereocenters. The number of amides is 1. The first-order chi connectivity index (χ1) is 14.2. The van der Waals surface area contributed by atoms with Crippen molar-refractivity contribution in [3.63, 3.8) is 0 Å². The van der Waals surface area contributed by atoms with Gasteiger partial charge >= 0.3 is 0 Å². The van der Waals surface area contributed by atoms with E-state index >= 15 is 0 Å². The zero-order chi connectivity index (χ0) is 20.2. The topological polar surface area (TPSA) is 49.6 Å². The maximum Gasteiger partial charge on any atom is 0.251 e. The smallest absolute Gasteiger partial charge is 0.251 e. The summed E-state index contributed by atoms with van der Waals surface area (Å²) in [6.07, 6.45) is 8.86. The number of carbonyl (C=O) groups is 1. The minimum absolute atomic E-state index is 0.0128. The Morgan fingerprint density at radius 1 is 1.17 bits per heavy atom. The van der Waals surface area contributed by atoms with Crippen molar-refractivity contribution in [1.29, 1.82) is 0 Å². The van der Waals surface area contributed by atoms with Crippen LogP contribution in [0.3, 0.4) is 0 Å². The second-order valence-electron chi connectivity index (χ2n) is 8.08. The number of nitrogens with zero attached hydrogens (tertiary/aromatic N) is 3. The van der Waals surface area contributed by atoms with E-state index in [-0.39, 0.29) is 11.9 Å². The van der Waals surface area contributed by atoms with Gasteiger partial charge in [0.1, 0.15) is 5.65 Å². The van der Waals surface area contributed by atoms with Crippen LogP contribution >= 0.6 is 0 Å². The molecule has 1 saturated heterocycles. The van der Waals surface area contributed by atoms with Crippen LogP contribution < -0.4 is 5.32 Å². The van der Waals surface area contributed by atoms with E-state index in [1.165, 1.54) is 5.56 Å². The van der Waals surface area contributed by atoms with Gasteiger partial charge in [0.05, 0.1) is 0 Å². The van der Waals surface area contributed by atoms with Gasteiger partial charge < -0.3 is 9.72 Å². The molecule has 4 rings (SSSR count). The number of fused-ring (bicyclic) bond motifs is 1. The number of hydrogen-bond acceptors (Lipinski definition) is 3. The molecule has 1 N–H and O–H groups in total. The number of nitrogens with one attached hydrogen (secondary N) is 1. The number of aromatic nitrogens is 2. The van der Waals surface area contributed by atoms with Crippen molar-refractivity contribution in [2.24, 2.45) is 5.92 Å². The summed E-state index contributed by atoms with van der Waals surface area (Å²) in [5.41, 5.74) is 2.87. The molecule has 1 amide bonds. The second kappa shape index (κ2) is 8.78. The Bertz CT molecular complexity index is 944. The van der Waals surface area contributed by atoms with E-state index in [1.807, 2.05) is 28.9 Å². The average Bonchev–Trinajstić information content (AvgIpc) is 3.23. The lowest BCUT2D eigenvalue weighted by molar-refractivity contribution is 0.0871. The van der Waals surface area contributed by atoms with Gasteiger partial charge in [-0.25, -0.2) is 4.98 Å². The first-order valence-corrected chi connectivity index (χ1v) is 10.7. The van der Waals surface area contributed by atoms with Crippen molar-refractivity contribution >= 4 is 11.6 Å². The number of piperidine rings is 1. The second-order valence-corrected chi connectivity index (χ2v) is 8.08. The van der Waals surface area contributed by atoms with Gasteiger partial charge in [0.25, 0.3) is 5.91 Å². The Kier molecular flexibility index (Phi) is 5.95. The van der Waals surface area contributed by atoms with E-state index in [4.69, 9.17) is 0 Å². The van der Waals surface area contributed by atoms with Crippen LogP contribution in [0.1, 0.15) is 55.1 Å². The van der Waals surface area contributed by atoms with Crippen LogP contribution in [0, 0.1) is 5.92 Å². The molecular weight excluding hydrogens is 360 g/mol. The van der Waals surface area contributed by atoms with Crippen LogP contribution in [0.15, 0.2) is 61.1 Å². The molecule has 5 nitrogen and oxygen atoms in total. The molecule has 3 aromatic rings. The Hall–Kier alpha value is -2.66. The number of carbonyl (C=O) groups excluding carboxylic acids is 1. The highest BCUT2D eigenvalue weighted by Crippen LogP contribution is 2.30.